The third-order valence-corrected chi connectivity index (χ3v) is 8.66. The molecule has 1 heterocycles. The molecule has 0 aliphatic heterocycles. The van der Waals surface area contributed by atoms with Gasteiger partial charge in [0, 0.05) is 5.56 Å². The topological polar surface area (TPSA) is 70.7 Å². The zero-order valence-electron chi connectivity index (χ0n) is 20.2. The first kappa shape index (κ1) is 23.8. The van der Waals surface area contributed by atoms with E-state index in [0.717, 1.165) is 44.1 Å². The highest BCUT2D eigenvalue weighted by Gasteiger charge is 2.57. The van der Waals surface area contributed by atoms with Gasteiger partial charge in [-0.25, -0.2) is 4.79 Å². The number of fused-ring (bicyclic) bond motifs is 1. The minimum Gasteiger partial charge on any atom is -0.507 e. The molecule has 3 rings (SSSR count). The second kappa shape index (κ2) is 8.61. The Morgan fingerprint density at radius 1 is 1.26 bits per heavy atom. The quantitative estimate of drug-likeness (QED) is 0.564. The Balaban J connectivity index is 1.98. The molecule has 5 atom stereocenters. The number of rotatable bonds is 5. The molecule has 0 radical (unpaired) electrons. The highest BCUT2D eigenvalue weighted by Crippen LogP contribution is 2.62. The number of aliphatic hydroxyl groups excluding tert-OH is 1. The Labute approximate surface area is 187 Å². The number of aromatic hydroxyl groups is 1. The lowest BCUT2D eigenvalue weighted by Crippen LogP contribution is -2.56. The van der Waals surface area contributed by atoms with Crippen LogP contribution in [0.25, 0.3) is 0 Å². The van der Waals surface area contributed by atoms with Crippen LogP contribution in [0.4, 0.5) is 0 Å². The van der Waals surface area contributed by atoms with Gasteiger partial charge in [0.1, 0.15) is 11.5 Å². The van der Waals surface area contributed by atoms with Crippen molar-refractivity contribution in [3.63, 3.8) is 0 Å². The zero-order valence-corrected chi connectivity index (χ0v) is 20.2. The molecule has 2 saturated carbocycles. The van der Waals surface area contributed by atoms with E-state index in [2.05, 4.69) is 40.3 Å². The smallest absolute Gasteiger partial charge is 0.342 e. The summed E-state index contributed by atoms with van der Waals surface area (Å²) < 4.78 is 5.41. The maximum absolute atomic E-state index is 12.6. The van der Waals surface area contributed by atoms with Gasteiger partial charge in [0.25, 0.3) is 0 Å². The van der Waals surface area contributed by atoms with Gasteiger partial charge in [0.2, 0.25) is 0 Å². The molecule has 2 fully saturated rings. The Hall–Kier alpha value is -1.81. The summed E-state index contributed by atoms with van der Waals surface area (Å²) in [7, 11) is 0. The molecule has 0 saturated heterocycles. The molecular formula is C27H40O4. The second-order valence-corrected chi connectivity index (χ2v) is 10.8. The summed E-state index contributed by atoms with van der Waals surface area (Å²) in [5.41, 5.74) is 2.76. The molecule has 2 aliphatic rings. The van der Waals surface area contributed by atoms with E-state index in [1.165, 1.54) is 5.57 Å². The summed E-state index contributed by atoms with van der Waals surface area (Å²) >= 11 is 0. The highest BCUT2D eigenvalue weighted by atomic mass is 16.4. The lowest BCUT2D eigenvalue weighted by Gasteiger charge is -2.60. The van der Waals surface area contributed by atoms with E-state index in [0.29, 0.717) is 29.2 Å². The fourth-order valence-electron chi connectivity index (χ4n) is 6.53. The van der Waals surface area contributed by atoms with E-state index >= 15 is 0 Å². The van der Waals surface area contributed by atoms with Crippen molar-refractivity contribution in [3.8, 4) is 5.75 Å². The van der Waals surface area contributed by atoms with Gasteiger partial charge in [-0.3, -0.25) is 0 Å². The molecule has 1 aromatic heterocycles. The fourth-order valence-corrected chi connectivity index (χ4v) is 6.53. The molecule has 0 unspecified atom stereocenters. The molecule has 0 aromatic carbocycles. The summed E-state index contributed by atoms with van der Waals surface area (Å²) in [5, 5.41) is 21.8. The van der Waals surface area contributed by atoms with Crippen LogP contribution >= 0.6 is 0 Å². The number of hydrogen-bond acceptors (Lipinski definition) is 4. The van der Waals surface area contributed by atoms with E-state index < -0.39 is 5.63 Å². The number of hydrogen-bond donors (Lipinski definition) is 2. The van der Waals surface area contributed by atoms with Crippen LogP contribution in [-0.2, 0) is 6.42 Å². The van der Waals surface area contributed by atoms with Crippen LogP contribution in [0.1, 0.15) is 83.1 Å². The van der Waals surface area contributed by atoms with E-state index in [-0.39, 0.29) is 28.6 Å². The molecular weight excluding hydrogens is 388 g/mol. The Morgan fingerprint density at radius 3 is 2.58 bits per heavy atom. The third-order valence-electron chi connectivity index (χ3n) is 8.66. The average Bonchev–Trinajstić information content (AvgIpc) is 2.68. The van der Waals surface area contributed by atoms with Gasteiger partial charge >= 0.3 is 5.63 Å². The minimum absolute atomic E-state index is 0.0643. The first-order valence-corrected chi connectivity index (χ1v) is 11.7. The van der Waals surface area contributed by atoms with Crippen LogP contribution in [0.15, 0.2) is 33.0 Å². The van der Waals surface area contributed by atoms with Crippen LogP contribution in [0.3, 0.4) is 0 Å². The van der Waals surface area contributed by atoms with E-state index in [4.69, 9.17) is 4.42 Å². The van der Waals surface area contributed by atoms with E-state index in [1.54, 1.807) is 13.8 Å². The van der Waals surface area contributed by atoms with E-state index in [9.17, 15) is 15.0 Å². The van der Waals surface area contributed by atoms with Crippen molar-refractivity contribution in [2.75, 3.05) is 0 Å². The summed E-state index contributed by atoms with van der Waals surface area (Å²) in [4.78, 5) is 12.6. The predicted octanol–water partition coefficient (Wildman–Crippen LogP) is 6.00. The van der Waals surface area contributed by atoms with Crippen molar-refractivity contribution < 1.29 is 14.6 Å². The molecule has 1 aromatic rings. The van der Waals surface area contributed by atoms with Crippen molar-refractivity contribution in [3.05, 3.63) is 51.1 Å². The third kappa shape index (κ3) is 4.16. The summed E-state index contributed by atoms with van der Waals surface area (Å²) in [6, 6.07) is 0. The maximum atomic E-state index is 12.6. The van der Waals surface area contributed by atoms with Gasteiger partial charge in [0.15, 0.2) is 0 Å². The second-order valence-electron chi connectivity index (χ2n) is 10.8. The van der Waals surface area contributed by atoms with Crippen molar-refractivity contribution in [1.82, 2.24) is 0 Å². The summed E-state index contributed by atoms with van der Waals surface area (Å²) in [5.74, 6) is 0.947. The standard InChI is InChI=1S/C27H40O4/c1-16(2)9-8-13-27(7)22-11-10-17(3)21(26(22,6)14-12-23(27)28)15-20-24(29)18(4)19(5)31-25(20)30/h9,21-23,28-29H,3,8,10-15H2,1-2,4-7H3/t21-,22-,23+,26-,27+/m1/s1. The van der Waals surface area contributed by atoms with Gasteiger partial charge in [-0.2, -0.15) is 0 Å². The minimum atomic E-state index is -0.443. The van der Waals surface area contributed by atoms with Crippen LogP contribution in [0, 0.1) is 36.5 Å². The largest absolute Gasteiger partial charge is 0.507 e. The van der Waals surface area contributed by atoms with Crippen molar-refractivity contribution in [1.29, 1.82) is 0 Å². The first-order valence-electron chi connectivity index (χ1n) is 11.7. The zero-order chi connectivity index (χ0) is 23.1. The lowest BCUT2D eigenvalue weighted by atomic mass is 9.45. The molecule has 4 nitrogen and oxygen atoms in total. The fraction of sp³-hybridized carbons (Fsp3) is 0.667. The Kier molecular flexibility index (Phi) is 6.63. The predicted molar refractivity (Wildman–Crippen MR) is 125 cm³/mol. The Bertz CT molecular complexity index is 935. The molecule has 0 spiro atoms. The van der Waals surface area contributed by atoms with Crippen molar-refractivity contribution in [2.45, 2.75) is 92.6 Å². The summed E-state index contributed by atoms with van der Waals surface area (Å²) in [6.07, 6.45) is 7.89. The van der Waals surface area contributed by atoms with Crippen molar-refractivity contribution in [2.24, 2.45) is 22.7 Å². The van der Waals surface area contributed by atoms with Crippen LogP contribution < -0.4 is 5.63 Å². The van der Waals surface area contributed by atoms with Gasteiger partial charge in [-0.05, 0) is 95.3 Å². The molecule has 172 valence electrons. The normalized spacial score (nSPS) is 33.1. The Morgan fingerprint density at radius 2 is 1.94 bits per heavy atom. The van der Waals surface area contributed by atoms with Gasteiger partial charge in [-0.15, -0.1) is 0 Å². The number of allylic oxidation sites excluding steroid dienone is 3. The van der Waals surface area contributed by atoms with Crippen molar-refractivity contribution >= 4 is 0 Å². The molecule has 0 bridgehead atoms. The molecule has 2 aliphatic carbocycles. The number of aliphatic hydroxyl groups is 1. The molecule has 0 amide bonds. The van der Waals surface area contributed by atoms with Gasteiger partial charge in [-0.1, -0.05) is 37.6 Å². The highest BCUT2D eigenvalue weighted by molar-refractivity contribution is 5.40. The monoisotopic (exact) mass is 428 g/mol. The van der Waals surface area contributed by atoms with Crippen LogP contribution in [-0.4, -0.2) is 16.3 Å². The van der Waals surface area contributed by atoms with Crippen LogP contribution in [0.5, 0.6) is 5.75 Å². The van der Waals surface area contributed by atoms with Crippen LogP contribution in [0.2, 0.25) is 0 Å². The first-order chi connectivity index (χ1) is 14.4. The van der Waals surface area contributed by atoms with Gasteiger partial charge < -0.3 is 14.6 Å². The molecule has 4 heteroatoms. The lowest BCUT2D eigenvalue weighted by molar-refractivity contribution is -0.136. The maximum Gasteiger partial charge on any atom is 0.342 e. The van der Waals surface area contributed by atoms with E-state index in [1.807, 2.05) is 0 Å². The molecule has 31 heavy (non-hydrogen) atoms. The average molecular weight is 429 g/mol. The van der Waals surface area contributed by atoms with Gasteiger partial charge in [0.05, 0.1) is 11.7 Å². The SMILES string of the molecule is C=C1CC[C@@H]2[C@](C)(CC[C@H](O)[C@@]2(C)CCC=C(C)C)[C@@H]1Cc1c(O)c(C)c(C)oc1=O. The number of aryl methyl sites for hydroxylation is 1. The molecule has 2 N–H and O–H groups in total. The summed E-state index contributed by atoms with van der Waals surface area (Å²) in [6.45, 7) is 16.7.